The number of benzene rings is 1. The Morgan fingerprint density at radius 1 is 1.16 bits per heavy atom. The Balaban J connectivity index is 1.70. The Morgan fingerprint density at radius 2 is 1.94 bits per heavy atom. The first-order valence-corrected chi connectivity index (χ1v) is 11.1. The van der Waals surface area contributed by atoms with Crippen LogP contribution in [0.25, 0.3) is 0 Å². The second kappa shape index (κ2) is 9.30. The lowest BCUT2D eigenvalue weighted by Gasteiger charge is -2.25. The van der Waals surface area contributed by atoms with Gasteiger partial charge in [-0.3, -0.25) is 4.68 Å². The van der Waals surface area contributed by atoms with Crippen LogP contribution in [0.4, 0.5) is 23.0 Å². The molecule has 0 saturated heterocycles. The third kappa shape index (κ3) is 4.85. The Kier molecular flexibility index (Phi) is 6.30. The number of rotatable bonds is 6. The van der Waals surface area contributed by atoms with E-state index >= 15 is 0 Å². The molecule has 8 nitrogen and oxygen atoms in total. The summed E-state index contributed by atoms with van der Waals surface area (Å²) in [5.74, 6) is 1.97. The van der Waals surface area contributed by atoms with Crippen LogP contribution in [0.3, 0.4) is 0 Å². The zero-order valence-electron chi connectivity index (χ0n) is 18.9. The maximum absolute atomic E-state index is 10.1. The maximum Gasteiger partial charge on any atom is 0.153 e. The highest BCUT2D eigenvalue weighted by molar-refractivity contribution is 6.04. The number of phenolic OH excluding ortho intramolecular Hbond substituents is 1. The molecule has 0 radical (unpaired) electrons. The summed E-state index contributed by atoms with van der Waals surface area (Å²) >= 11 is 0. The molecule has 0 atom stereocenters. The van der Waals surface area contributed by atoms with E-state index in [1.54, 1.807) is 16.9 Å². The van der Waals surface area contributed by atoms with Crippen LogP contribution in [0, 0.1) is 13.8 Å². The highest BCUT2D eigenvalue weighted by Gasteiger charge is 2.18. The van der Waals surface area contributed by atoms with Crippen LogP contribution in [0.2, 0.25) is 0 Å². The van der Waals surface area contributed by atoms with E-state index in [0.29, 0.717) is 28.9 Å². The molecule has 0 spiro atoms. The predicted molar refractivity (Wildman–Crippen MR) is 129 cm³/mol. The number of nitrogens with zero attached hydrogens (tertiary/aromatic N) is 4. The highest BCUT2D eigenvalue weighted by Crippen LogP contribution is 2.32. The largest absolute Gasteiger partial charge is 0.508 e. The summed E-state index contributed by atoms with van der Waals surface area (Å²) in [6, 6.07) is 7.77. The molecule has 1 aliphatic rings. The monoisotopic (exact) mass is 433 g/mol. The lowest BCUT2D eigenvalue weighted by atomic mass is 9.95. The SMILES string of the molecule is Cc1ccc(O)c(C)c1N=C(N)c1cnc(Nc2ccn(C)n2)cc1NC1CCCCC1. The van der Waals surface area contributed by atoms with Crippen LogP contribution in [-0.2, 0) is 7.05 Å². The lowest BCUT2D eigenvalue weighted by molar-refractivity contribution is 0.462. The van der Waals surface area contributed by atoms with E-state index in [0.717, 1.165) is 35.5 Å². The van der Waals surface area contributed by atoms with Crippen molar-refractivity contribution in [2.45, 2.75) is 52.0 Å². The first kappa shape index (κ1) is 21.7. The zero-order chi connectivity index (χ0) is 22.7. The zero-order valence-corrected chi connectivity index (χ0v) is 18.9. The van der Waals surface area contributed by atoms with Crippen molar-refractivity contribution in [1.29, 1.82) is 0 Å². The van der Waals surface area contributed by atoms with Crippen molar-refractivity contribution in [3.8, 4) is 5.75 Å². The molecule has 5 N–H and O–H groups in total. The fourth-order valence-corrected chi connectivity index (χ4v) is 4.10. The summed E-state index contributed by atoms with van der Waals surface area (Å²) in [7, 11) is 1.88. The minimum Gasteiger partial charge on any atom is -0.508 e. The van der Waals surface area contributed by atoms with E-state index in [1.807, 2.05) is 45.3 Å². The molecule has 0 amide bonds. The third-order valence-corrected chi connectivity index (χ3v) is 5.95. The number of aryl methyl sites for hydroxylation is 2. The molecule has 1 aromatic carbocycles. The van der Waals surface area contributed by atoms with Gasteiger partial charge in [0.25, 0.3) is 0 Å². The average molecular weight is 434 g/mol. The molecule has 3 aromatic rings. The molecule has 0 unspecified atom stereocenters. The van der Waals surface area contributed by atoms with Crippen LogP contribution in [0.5, 0.6) is 5.75 Å². The second-order valence-corrected chi connectivity index (χ2v) is 8.47. The number of pyridine rings is 1. The lowest BCUT2D eigenvalue weighted by Crippen LogP contribution is -2.25. The first-order valence-electron chi connectivity index (χ1n) is 11.1. The van der Waals surface area contributed by atoms with Gasteiger partial charge in [-0.25, -0.2) is 9.98 Å². The van der Waals surface area contributed by atoms with Crippen molar-refractivity contribution in [1.82, 2.24) is 14.8 Å². The van der Waals surface area contributed by atoms with Crippen molar-refractivity contribution in [3.05, 3.63) is 53.3 Å². The molecular weight excluding hydrogens is 402 g/mol. The number of hydrogen-bond acceptors (Lipinski definition) is 6. The highest BCUT2D eigenvalue weighted by atomic mass is 16.3. The Labute approximate surface area is 188 Å². The van der Waals surface area contributed by atoms with Crippen molar-refractivity contribution in [2.75, 3.05) is 10.6 Å². The molecule has 4 rings (SSSR count). The Morgan fingerprint density at radius 3 is 2.66 bits per heavy atom. The van der Waals surface area contributed by atoms with Crippen molar-refractivity contribution < 1.29 is 5.11 Å². The summed E-state index contributed by atoms with van der Waals surface area (Å²) in [5.41, 5.74) is 10.4. The molecule has 168 valence electrons. The first-order chi connectivity index (χ1) is 15.4. The topological polar surface area (TPSA) is 113 Å². The molecule has 1 aliphatic carbocycles. The van der Waals surface area contributed by atoms with Crippen LogP contribution in [-0.4, -0.2) is 31.7 Å². The minimum atomic E-state index is 0.204. The summed E-state index contributed by atoms with van der Waals surface area (Å²) in [5, 5.41) is 21.4. The van der Waals surface area contributed by atoms with Crippen molar-refractivity contribution >= 4 is 28.8 Å². The number of aliphatic imine (C=N–C) groups is 1. The standard InChI is InChI=1S/C24H31N7O/c1-15-9-10-20(32)16(2)23(15)29-24(25)18-14-26-22(28-21-11-12-31(3)30-21)13-19(18)27-17-7-5-4-6-8-17/h9-14,17,32H,4-8H2,1-3H3,(H2,25,29)(H2,26,27,28,30). The average Bonchev–Trinajstić information content (AvgIpc) is 3.19. The smallest absolute Gasteiger partial charge is 0.153 e. The normalized spacial score (nSPS) is 15.0. The van der Waals surface area contributed by atoms with Gasteiger partial charge in [0, 0.05) is 43.2 Å². The van der Waals surface area contributed by atoms with Gasteiger partial charge in [0.15, 0.2) is 5.82 Å². The van der Waals surface area contributed by atoms with E-state index in [-0.39, 0.29) is 5.75 Å². The number of aromatic hydroxyl groups is 1. The number of nitrogens with two attached hydrogens (primary N) is 1. The van der Waals surface area contributed by atoms with E-state index in [9.17, 15) is 5.11 Å². The number of nitrogens with one attached hydrogen (secondary N) is 2. The molecule has 1 fully saturated rings. The Bertz CT molecular complexity index is 1130. The maximum atomic E-state index is 10.1. The number of amidine groups is 1. The van der Waals surface area contributed by atoms with Crippen LogP contribution in [0.15, 0.2) is 41.7 Å². The Hall–Kier alpha value is -3.55. The molecule has 8 heteroatoms. The van der Waals surface area contributed by atoms with E-state index < -0.39 is 0 Å². The summed E-state index contributed by atoms with van der Waals surface area (Å²) < 4.78 is 1.74. The van der Waals surface area contributed by atoms with Crippen LogP contribution >= 0.6 is 0 Å². The van der Waals surface area contributed by atoms with Gasteiger partial charge in [-0.05, 0) is 38.3 Å². The number of aromatic nitrogens is 3. The number of hydrogen-bond donors (Lipinski definition) is 4. The van der Waals surface area contributed by atoms with Gasteiger partial charge >= 0.3 is 0 Å². The van der Waals surface area contributed by atoms with Crippen molar-refractivity contribution in [3.63, 3.8) is 0 Å². The van der Waals surface area contributed by atoms with Crippen molar-refractivity contribution in [2.24, 2.45) is 17.8 Å². The van der Waals surface area contributed by atoms with E-state index in [1.165, 1.54) is 19.3 Å². The van der Waals surface area contributed by atoms with Gasteiger partial charge in [-0.2, -0.15) is 5.10 Å². The molecule has 0 bridgehead atoms. The summed E-state index contributed by atoms with van der Waals surface area (Å²) in [6.07, 6.45) is 9.61. The quantitative estimate of drug-likeness (QED) is 0.332. The van der Waals surface area contributed by atoms with Gasteiger partial charge < -0.3 is 21.5 Å². The van der Waals surface area contributed by atoms with Gasteiger partial charge in [-0.15, -0.1) is 0 Å². The fourth-order valence-electron chi connectivity index (χ4n) is 4.10. The third-order valence-electron chi connectivity index (χ3n) is 5.95. The van der Waals surface area contributed by atoms with Gasteiger partial charge in [0.05, 0.1) is 16.9 Å². The summed E-state index contributed by atoms with van der Waals surface area (Å²) in [6.45, 7) is 3.80. The second-order valence-electron chi connectivity index (χ2n) is 8.47. The van der Waals surface area contributed by atoms with Crippen LogP contribution in [0.1, 0.15) is 48.8 Å². The fraction of sp³-hybridized carbons (Fsp3) is 0.375. The predicted octanol–water partition coefficient (Wildman–Crippen LogP) is 4.66. The van der Waals surface area contributed by atoms with Crippen LogP contribution < -0.4 is 16.4 Å². The summed E-state index contributed by atoms with van der Waals surface area (Å²) in [4.78, 5) is 9.23. The molecule has 2 aromatic heterocycles. The van der Waals surface area contributed by atoms with Gasteiger partial charge in [0.1, 0.15) is 17.4 Å². The molecule has 0 aliphatic heterocycles. The van der Waals surface area contributed by atoms with Gasteiger partial charge in [-0.1, -0.05) is 25.3 Å². The minimum absolute atomic E-state index is 0.204. The number of anilines is 3. The molecule has 2 heterocycles. The molecular formula is C24H31N7O. The van der Waals surface area contributed by atoms with Gasteiger partial charge in [0.2, 0.25) is 0 Å². The molecule has 1 saturated carbocycles. The van der Waals surface area contributed by atoms with E-state index in [2.05, 4.69) is 25.7 Å². The van der Waals surface area contributed by atoms with E-state index in [4.69, 9.17) is 5.73 Å². The number of phenols is 1. The molecule has 32 heavy (non-hydrogen) atoms.